The summed E-state index contributed by atoms with van der Waals surface area (Å²) in [6.07, 6.45) is -3.00. The molecule has 0 aliphatic carbocycles. The number of hydrogen-bond acceptors (Lipinski definition) is 5. The topological polar surface area (TPSA) is 68.8 Å². The largest absolute Gasteiger partial charge is 0.410 e. The number of thiophene rings is 1. The maximum absolute atomic E-state index is 13.5. The van der Waals surface area contributed by atoms with Gasteiger partial charge < -0.3 is 0 Å². The second-order valence-electron chi connectivity index (χ2n) is 7.76. The molecule has 0 aromatic carbocycles. The number of hydrogen-bond donors (Lipinski definition) is 0. The van der Waals surface area contributed by atoms with Crippen molar-refractivity contribution in [2.24, 2.45) is 0 Å². The van der Waals surface area contributed by atoms with Crippen molar-refractivity contribution in [3.63, 3.8) is 0 Å². The van der Waals surface area contributed by atoms with E-state index in [4.69, 9.17) is 0 Å². The lowest BCUT2D eigenvalue weighted by Crippen LogP contribution is -2.44. The highest BCUT2D eigenvalue weighted by Gasteiger charge is 2.46. The first kappa shape index (κ1) is 20.7. The molecule has 4 aromatic rings. The lowest BCUT2D eigenvalue weighted by Gasteiger charge is -2.33. The lowest BCUT2D eigenvalue weighted by molar-refractivity contribution is -0.173. The molecule has 0 saturated heterocycles. The van der Waals surface area contributed by atoms with Gasteiger partial charge in [0.25, 0.3) is 0 Å². The van der Waals surface area contributed by atoms with Crippen molar-refractivity contribution in [2.75, 3.05) is 11.4 Å². The molecule has 1 atom stereocenters. The van der Waals surface area contributed by atoms with Crippen LogP contribution in [0.5, 0.6) is 0 Å². The van der Waals surface area contributed by atoms with Crippen molar-refractivity contribution < 1.29 is 18.0 Å². The third-order valence-electron chi connectivity index (χ3n) is 5.59. The summed E-state index contributed by atoms with van der Waals surface area (Å²) in [5.41, 5.74) is 2.72. The van der Waals surface area contributed by atoms with E-state index in [0.29, 0.717) is 11.3 Å². The molecule has 0 saturated carbocycles. The predicted octanol–water partition coefficient (Wildman–Crippen LogP) is 4.51. The number of anilines is 1. The average molecular weight is 460 g/mol. The highest BCUT2D eigenvalue weighted by molar-refractivity contribution is 7.13. The van der Waals surface area contributed by atoms with Gasteiger partial charge in [0.1, 0.15) is 12.4 Å². The number of aromatic nitrogens is 5. The number of aryl methyl sites for hydroxylation is 2. The minimum absolute atomic E-state index is 0.0415. The summed E-state index contributed by atoms with van der Waals surface area (Å²) in [7, 11) is 0. The molecule has 1 aliphatic rings. The summed E-state index contributed by atoms with van der Waals surface area (Å²) in [6.45, 7) is 3.30. The summed E-state index contributed by atoms with van der Waals surface area (Å²) in [5.74, 6) is -0.207. The van der Waals surface area contributed by atoms with E-state index in [0.717, 1.165) is 26.2 Å². The molecule has 1 aliphatic heterocycles. The normalized spacial score (nSPS) is 16.5. The van der Waals surface area contributed by atoms with Crippen LogP contribution in [0.1, 0.15) is 23.9 Å². The Morgan fingerprint density at radius 2 is 2.06 bits per heavy atom. The Morgan fingerprint density at radius 3 is 2.78 bits per heavy atom. The van der Waals surface area contributed by atoms with Crippen LogP contribution in [0.25, 0.3) is 21.5 Å². The summed E-state index contributed by atoms with van der Waals surface area (Å²) >= 11 is 1.60. The molecule has 5 heterocycles. The van der Waals surface area contributed by atoms with Gasteiger partial charge in [-0.1, -0.05) is 6.07 Å². The van der Waals surface area contributed by atoms with E-state index >= 15 is 0 Å². The molecule has 0 spiro atoms. The quantitative estimate of drug-likeness (QED) is 0.451. The molecular weight excluding hydrogens is 441 g/mol. The van der Waals surface area contributed by atoms with Gasteiger partial charge in [-0.2, -0.15) is 23.4 Å². The highest BCUT2D eigenvalue weighted by atomic mass is 32.1. The molecule has 11 heteroatoms. The zero-order valence-electron chi connectivity index (χ0n) is 17.3. The number of nitrogens with zero attached hydrogens (tertiary/aromatic N) is 6. The van der Waals surface area contributed by atoms with Gasteiger partial charge in [-0.25, -0.2) is 14.3 Å². The fraction of sp³-hybridized carbons (Fsp3) is 0.333. The van der Waals surface area contributed by atoms with Crippen molar-refractivity contribution >= 4 is 34.1 Å². The zero-order valence-corrected chi connectivity index (χ0v) is 18.1. The van der Waals surface area contributed by atoms with E-state index < -0.39 is 12.2 Å². The Balaban J connectivity index is 1.49. The number of carbonyl (C=O) groups is 1. The van der Waals surface area contributed by atoms with Gasteiger partial charge in [-0.3, -0.25) is 9.69 Å². The first-order valence-corrected chi connectivity index (χ1v) is 10.9. The van der Waals surface area contributed by atoms with Crippen LogP contribution < -0.4 is 4.90 Å². The van der Waals surface area contributed by atoms with Crippen LogP contribution in [-0.4, -0.2) is 43.2 Å². The maximum atomic E-state index is 13.5. The first-order valence-electron chi connectivity index (χ1n) is 10.0. The number of alkyl halides is 3. The summed E-state index contributed by atoms with van der Waals surface area (Å²) in [4.78, 5) is 20.0. The maximum Gasteiger partial charge on any atom is 0.410 e. The smallest absolute Gasteiger partial charge is 0.295 e. The highest BCUT2D eigenvalue weighted by Crippen LogP contribution is 2.39. The number of halogens is 3. The Bertz CT molecular complexity index is 1310. The summed E-state index contributed by atoms with van der Waals surface area (Å²) in [5, 5.41) is 11.4. The van der Waals surface area contributed by atoms with Crippen LogP contribution in [0.15, 0.2) is 35.8 Å². The van der Waals surface area contributed by atoms with Crippen LogP contribution in [0, 0.1) is 13.8 Å². The van der Waals surface area contributed by atoms with E-state index in [1.807, 2.05) is 30.5 Å². The van der Waals surface area contributed by atoms with Crippen LogP contribution in [-0.2, 0) is 11.3 Å². The Morgan fingerprint density at radius 1 is 1.25 bits per heavy atom. The van der Waals surface area contributed by atoms with E-state index in [2.05, 4.69) is 15.2 Å². The van der Waals surface area contributed by atoms with Gasteiger partial charge in [-0.05, 0) is 37.8 Å². The Kier molecular flexibility index (Phi) is 4.81. The number of carbonyl (C=O) groups excluding carboxylic acids is 1. The Hall–Kier alpha value is -3.21. The minimum Gasteiger partial charge on any atom is -0.295 e. The molecule has 5 rings (SSSR count). The second kappa shape index (κ2) is 7.44. The third-order valence-corrected chi connectivity index (χ3v) is 6.50. The van der Waals surface area contributed by atoms with Crippen molar-refractivity contribution in [1.29, 1.82) is 0 Å². The molecule has 32 heavy (non-hydrogen) atoms. The molecule has 1 amide bonds. The molecule has 0 bridgehead atoms. The average Bonchev–Trinajstić information content (AvgIpc) is 3.45. The van der Waals surface area contributed by atoms with Crippen LogP contribution in [0.3, 0.4) is 0 Å². The molecule has 4 aromatic heterocycles. The lowest BCUT2D eigenvalue weighted by atomic mass is 10.1. The van der Waals surface area contributed by atoms with E-state index in [1.54, 1.807) is 24.5 Å². The summed E-state index contributed by atoms with van der Waals surface area (Å²) in [6, 6.07) is 5.66. The number of fused-ring (bicyclic) bond motifs is 2. The third kappa shape index (κ3) is 3.36. The van der Waals surface area contributed by atoms with Crippen molar-refractivity contribution in [1.82, 2.24) is 24.5 Å². The Labute approximate surface area is 185 Å². The molecular formula is C21H19F3N6OS. The molecule has 0 fully saturated rings. The fourth-order valence-electron chi connectivity index (χ4n) is 4.22. The van der Waals surface area contributed by atoms with Crippen LogP contribution >= 0.6 is 11.3 Å². The molecule has 166 valence electrons. The molecule has 0 N–H and O–H groups in total. The van der Waals surface area contributed by atoms with Crippen molar-refractivity contribution in [2.45, 2.75) is 39.0 Å². The van der Waals surface area contributed by atoms with E-state index in [9.17, 15) is 18.0 Å². The van der Waals surface area contributed by atoms with Gasteiger partial charge >= 0.3 is 6.18 Å². The number of rotatable bonds is 3. The predicted molar refractivity (Wildman–Crippen MR) is 115 cm³/mol. The van der Waals surface area contributed by atoms with Crippen molar-refractivity contribution in [3.8, 4) is 10.4 Å². The monoisotopic (exact) mass is 460 g/mol. The van der Waals surface area contributed by atoms with Gasteiger partial charge in [0.15, 0.2) is 11.7 Å². The zero-order chi connectivity index (χ0) is 22.6. The second-order valence-corrected chi connectivity index (χ2v) is 8.71. The molecule has 1 unspecified atom stereocenters. The number of pyridine rings is 1. The first-order chi connectivity index (χ1) is 15.2. The van der Waals surface area contributed by atoms with Gasteiger partial charge in [-0.15, -0.1) is 11.3 Å². The number of amides is 1. The van der Waals surface area contributed by atoms with Gasteiger partial charge in [0.05, 0.1) is 16.8 Å². The van der Waals surface area contributed by atoms with Crippen molar-refractivity contribution in [3.05, 3.63) is 47.2 Å². The SMILES string of the molecule is Cc1cc2n(n1)C(C(F)(F)F)CCN2C(=O)Cn1nc(C)c2c(-c3cccs3)ccnc21. The van der Waals surface area contributed by atoms with E-state index in [1.165, 1.54) is 15.6 Å². The van der Waals surface area contributed by atoms with E-state index in [-0.39, 0.29) is 31.2 Å². The van der Waals surface area contributed by atoms with Crippen LogP contribution in [0.2, 0.25) is 0 Å². The van der Waals surface area contributed by atoms with Gasteiger partial charge in [0, 0.05) is 29.2 Å². The minimum atomic E-state index is -4.43. The van der Waals surface area contributed by atoms with Crippen LogP contribution in [0.4, 0.5) is 19.0 Å². The standard InChI is InChI=1S/C21H19F3N6OS/c1-12-10-17-28(8-6-16(21(22,23)24)30(17)26-12)18(31)11-29-20-19(13(2)27-29)14(5-7-25-20)15-4-3-9-32-15/h3-5,7,9-10,16H,6,8,11H2,1-2H3. The summed E-state index contributed by atoms with van der Waals surface area (Å²) < 4.78 is 42.8. The fourth-order valence-corrected chi connectivity index (χ4v) is 4.98. The van der Waals surface area contributed by atoms with Gasteiger partial charge in [0.2, 0.25) is 5.91 Å². The molecule has 0 radical (unpaired) electrons. The molecule has 7 nitrogen and oxygen atoms in total.